The normalized spacial score (nSPS) is 18.9. The minimum absolute atomic E-state index is 0.112. The average Bonchev–Trinajstić information content (AvgIpc) is 2.80. The van der Waals surface area contributed by atoms with Crippen LogP contribution in [0.4, 0.5) is 0 Å². The molecule has 2 aliphatic rings. The summed E-state index contributed by atoms with van der Waals surface area (Å²) in [5, 5.41) is 10.9. The lowest BCUT2D eigenvalue weighted by molar-refractivity contribution is 0.0313. The van der Waals surface area contributed by atoms with Gasteiger partial charge >= 0.3 is 0 Å². The van der Waals surface area contributed by atoms with E-state index >= 15 is 0 Å². The van der Waals surface area contributed by atoms with Crippen LogP contribution in [0, 0.1) is 0 Å². The van der Waals surface area contributed by atoms with E-state index in [1.165, 1.54) is 0 Å². The van der Waals surface area contributed by atoms with Gasteiger partial charge in [0.2, 0.25) is 14.6 Å². The number of aliphatic hydroxyl groups is 1. The van der Waals surface area contributed by atoms with Crippen molar-refractivity contribution < 1.29 is 19.0 Å². The first-order chi connectivity index (χ1) is 13.2. The van der Waals surface area contributed by atoms with Crippen molar-refractivity contribution in [2.24, 2.45) is 0 Å². The molecule has 0 aromatic heterocycles. The third-order valence-electron chi connectivity index (χ3n) is 6.05. The third kappa shape index (κ3) is 3.23. The molecule has 0 aliphatic carbocycles. The van der Waals surface area contributed by atoms with E-state index < -0.39 is 14.6 Å². The van der Waals surface area contributed by atoms with Crippen LogP contribution in [0.5, 0.6) is 17.2 Å². The summed E-state index contributed by atoms with van der Waals surface area (Å²) in [6.07, 6.45) is -0.298. The highest BCUT2D eigenvalue weighted by Crippen LogP contribution is 2.47. The maximum Gasteiger partial charge on any atom is 0.250 e. The fraction of sp³-hybridized carbons (Fsp3) is 0.391. The van der Waals surface area contributed by atoms with E-state index in [4.69, 9.17) is 13.9 Å². The number of para-hydroxylation sites is 1. The second-order valence-corrected chi connectivity index (χ2v) is 13.7. The Morgan fingerprint density at radius 2 is 1.79 bits per heavy atom. The van der Waals surface area contributed by atoms with Crippen molar-refractivity contribution in [3.63, 3.8) is 0 Å². The molecule has 28 heavy (non-hydrogen) atoms. The molecule has 2 aromatic rings. The Balaban J connectivity index is 1.76. The van der Waals surface area contributed by atoms with Crippen LogP contribution in [0.3, 0.4) is 0 Å². The Morgan fingerprint density at radius 1 is 1.04 bits per heavy atom. The van der Waals surface area contributed by atoms with Crippen LogP contribution in [-0.2, 0) is 0 Å². The fourth-order valence-electron chi connectivity index (χ4n) is 3.48. The molecule has 0 amide bonds. The second-order valence-electron chi connectivity index (χ2n) is 8.98. The predicted molar refractivity (Wildman–Crippen MR) is 114 cm³/mol. The molecule has 0 fully saturated rings. The van der Waals surface area contributed by atoms with Gasteiger partial charge in [-0.2, -0.15) is 0 Å². The molecule has 1 unspecified atom stereocenters. The summed E-state index contributed by atoms with van der Waals surface area (Å²) in [5.74, 6) is 2.25. The highest BCUT2D eigenvalue weighted by molar-refractivity contribution is 6.74. The molecule has 0 radical (unpaired) electrons. The highest BCUT2D eigenvalue weighted by atomic mass is 28.4. The first-order valence-corrected chi connectivity index (χ1v) is 12.7. The zero-order valence-electron chi connectivity index (χ0n) is 17.2. The van der Waals surface area contributed by atoms with Gasteiger partial charge in [0.25, 0.3) is 0 Å². The molecule has 5 heteroatoms. The summed E-state index contributed by atoms with van der Waals surface area (Å²) in [6.45, 7) is 11.7. The Kier molecular flexibility index (Phi) is 4.55. The quantitative estimate of drug-likeness (QED) is 0.683. The molecule has 0 bridgehead atoms. The Labute approximate surface area is 167 Å². The van der Waals surface area contributed by atoms with E-state index in [0.717, 1.165) is 40.2 Å². The molecule has 1 atom stereocenters. The molecule has 148 valence electrons. The van der Waals surface area contributed by atoms with E-state index in [1.807, 2.05) is 42.5 Å². The van der Waals surface area contributed by atoms with Crippen molar-refractivity contribution in [3.05, 3.63) is 53.6 Å². The molecule has 2 aromatic carbocycles. The molecule has 4 nitrogen and oxygen atoms in total. The van der Waals surface area contributed by atoms with Crippen molar-refractivity contribution in [2.75, 3.05) is 6.61 Å². The lowest BCUT2D eigenvalue weighted by atomic mass is 9.90. The van der Waals surface area contributed by atoms with Crippen molar-refractivity contribution in [3.8, 4) is 17.2 Å². The van der Waals surface area contributed by atoms with Gasteiger partial charge in [0.1, 0.15) is 17.2 Å². The van der Waals surface area contributed by atoms with Gasteiger partial charge in [-0.15, -0.1) is 0 Å². The molecule has 2 heterocycles. The topological polar surface area (TPSA) is 47.9 Å². The highest BCUT2D eigenvalue weighted by Gasteiger charge is 2.39. The maximum absolute atomic E-state index is 10.8. The van der Waals surface area contributed by atoms with Crippen molar-refractivity contribution in [1.29, 1.82) is 0 Å². The first-order valence-electron chi connectivity index (χ1n) is 9.81. The van der Waals surface area contributed by atoms with Gasteiger partial charge in [-0.25, -0.2) is 0 Å². The molecule has 0 spiro atoms. The van der Waals surface area contributed by atoms with Gasteiger partial charge in [-0.1, -0.05) is 39.0 Å². The van der Waals surface area contributed by atoms with Gasteiger partial charge in [0, 0.05) is 29.2 Å². The number of fused-ring (bicyclic) bond motifs is 4. The largest absolute Gasteiger partial charge is 0.543 e. The van der Waals surface area contributed by atoms with E-state index in [0.29, 0.717) is 12.4 Å². The lowest BCUT2D eigenvalue weighted by Gasteiger charge is -2.37. The molecular formula is C23H28O4Si. The molecule has 2 aliphatic heterocycles. The number of ether oxygens (including phenoxy) is 2. The number of benzene rings is 2. The zero-order valence-corrected chi connectivity index (χ0v) is 18.2. The van der Waals surface area contributed by atoms with Crippen LogP contribution in [0.1, 0.15) is 38.3 Å². The van der Waals surface area contributed by atoms with Crippen molar-refractivity contribution in [1.82, 2.24) is 0 Å². The molecule has 1 N–H and O–H groups in total. The van der Waals surface area contributed by atoms with E-state index in [-0.39, 0.29) is 5.04 Å². The lowest BCUT2D eigenvalue weighted by Crippen LogP contribution is -2.43. The molecule has 0 saturated heterocycles. The van der Waals surface area contributed by atoms with Gasteiger partial charge in [0.05, 0.1) is 6.61 Å². The van der Waals surface area contributed by atoms with Crippen LogP contribution in [0.2, 0.25) is 18.1 Å². The van der Waals surface area contributed by atoms with Crippen LogP contribution >= 0.6 is 0 Å². The number of aliphatic hydroxyl groups excluding tert-OH is 1. The van der Waals surface area contributed by atoms with Crippen molar-refractivity contribution >= 4 is 19.5 Å². The Bertz CT molecular complexity index is 940. The Hall–Kier alpha value is -2.24. The average molecular weight is 397 g/mol. The minimum Gasteiger partial charge on any atom is -0.543 e. The van der Waals surface area contributed by atoms with Crippen LogP contribution in [0.15, 0.2) is 42.5 Å². The predicted octanol–water partition coefficient (Wildman–Crippen LogP) is 5.47. The van der Waals surface area contributed by atoms with Crippen LogP contribution in [0.25, 0.3) is 11.1 Å². The fourth-order valence-corrected chi connectivity index (χ4v) is 4.50. The van der Waals surface area contributed by atoms with Gasteiger partial charge in [-0.3, -0.25) is 0 Å². The summed E-state index contributed by atoms with van der Waals surface area (Å²) in [7, 11) is -1.95. The summed E-state index contributed by atoms with van der Waals surface area (Å²) in [6, 6.07) is 13.8. The summed E-state index contributed by atoms with van der Waals surface area (Å²) in [5.41, 5.74) is 3.79. The van der Waals surface area contributed by atoms with Crippen LogP contribution < -0.4 is 13.9 Å². The summed E-state index contributed by atoms with van der Waals surface area (Å²) >= 11 is 0. The number of hydrogen-bond donors (Lipinski definition) is 1. The molecule has 0 saturated carbocycles. The number of hydrogen-bond acceptors (Lipinski definition) is 4. The van der Waals surface area contributed by atoms with E-state index in [2.05, 4.69) is 33.9 Å². The van der Waals surface area contributed by atoms with Gasteiger partial charge < -0.3 is 19.0 Å². The first kappa shape index (κ1) is 19.1. The second kappa shape index (κ2) is 6.67. The minimum atomic E-state index is -1.95. The smallest absolute Gasteiger partial charge is 0.250 e. The molecular weight excluding hydrogens is 368 g/mol. The molecule has 4 rings (SSSR count). The summed E-state index contributed by atoms with van der Waals surface area (Å²) in [4.78, 5) is 0. The third-order valence-corrected chi connectivity index (χ3v) is 10.4. The SMILES string of the molecule is CC(C)(C)[Si](C)(C)Oc1ccc2c(c1)OC(O)C1=C2CCOc2ccccc21. The standard InChI is InChI=1S/C23H28O4Si/c1-23(2,3)28(4,5)27-15-10-11-16-17-12-13-25-19-9-7-6-8-18(19)21(17)22(24)26-20(16)14-15/h6-11,14,22,24H,12-13H2,1-5H3. The van der Waals surface area contributed by atoms with Crippen molar-refractivity contribution in [2.45, 2.75) is 51.6 Å². The van der Waals surface area contributed by atoms with Gasteiger partial charge in [-0.05, 0) is 41.9 Å². The van der Waals surface area contributed by atoms with Crippen LogP contribution in [-0.4, -0.2) is 26.3 Å². The Morgan fingerprint density at radius 3 is 2.54 bits per heavy atom. The zero-order chi connectivity index (χ0) is 20.1. The maximum atomic E-state index is 10.8. The van der Waals surface area contributed by atoms with E-state index in [9.17, 15) is 5.11 Å². The van der Waals surface area contributed by atoms with E-state index in [1.54, 1.807) is 0 Å². The summed E-state index contributed by atoms with van der Waals surface area (Å²) < 4.78 is 18.3. The van der Waals surface area contributed by atoms with Gasteiger partial charge in [0.15, 0.2) is 0 Å². The monoisotopic (exact) mass is 396 g/mol. The number of rotatable bonds is 2.